The molecule has 120 valence electrons. The SMILES string of the molecule is N#Cc1ccc(-c2csc(NC(=O)CN3C(=O)CCC3=O)n2)cc1. The summed E-state index contributed by atoms with van der Waals surface area (Å²) < 4.78 is 0. The molecule has 0 radical (unpaired) electrons. The van der Waals surface area contributed by atoms with Gasteiger partial charge in [0.25, 0.3) is 0 Å². The molecule has 7 nitrogen and oxygen atoms in total. The lowest BCUT2D eigenvalue weighted by Gasteiger charge is -2.12. The number of rotatable bonds is 4. The second kappa shape index (κ2) is 6.60. The fraction of sp³-hybridized carbons (Fsp3) is 0.188. The normalized spacial score (nSPS) is 13.9. The van der Waals surface area contributed by atoms with Gasteiger partial charge in [-0.15, -0.1) is 11.3 Å². The molecule has 1 aliphatic heterocycles. The molecule has 1 fully saturated rings. The van der Waals surface area contributed by atoms with Gasteiger partial charge in [-0.25, -0.2) is 4.98 Å². The molecule has 0 bridgehead atoms. The molecular formula is C16H12N4O3S. The minimum atomic E-state index is -0.459. The lowest BCUT2D eigenvalue weighted by molar-refractivity contribution is -0.141. The molecule has 3 rings (SSSR count). The maximum Gasteiger partial charge on any atom is 0.246 e. The number of anilines is 1. The van der Waals surface area contributed by atoms with E-state index in [-0.39, 0.29) is 31.2 Å². The van der Waals surface area contributed by atoms with Crippen molar-refractivity contribution in [2.24, 2.45) is 0 Å². The highest BCUT2D eigenvalue weighted by Gasteiger charge is 2.30. The molecular weight excluding hydrogens is 328 g/mol. The van der Waals surface area contributed by atoms with Crippen molar-refractivity contribution >= 4 is 34.2 Å². The number of thiazole rings is 1. The van der Waals surface area contributed by atoms with E-state index in [2.05, 4.69) is 10.3 Å². The van der Waals surface area contributed by atoms with E-state index in [1.807, 2.05) is 6.07 Å². The Kier molecular flexibility index (Phi) is 4.35. The monoisotopic (exact) mass is 340 g/mol. The van der Waals surface area contributed by atoms with Crippen LogP contribution in [-0.2, 0) is 14.4 Å². The van der Waals surface area contributed by atoms with Crippen molar-refractivity contribution in [1.29, 1.82) is 5.26 Å². The first-order valence-corrected chi connectivity index (χ1v) is 8.04. The fourth-order valence-corrected chi connectivity index (χ4v) is 3.02. The van der Waals surface area contributed by atoms with Gasteiger partial charge in [-0.05, 0) is 12.1 Å². The average Bonchev–Trinajstić information content (AvgIpc) is 3.17. The molecule has 1 saturated heterocycles. The van der Waals surface area contributed by atoms with Crippen LogP contribution in [0.4, 0.5) is 5.13 Å². The summed E-state index contributed by atoms with van der Waals surface area (Å²) in [5.74, 6) is -1.11. The number of benzene rings is 1. The summed E-state index contributed by atoms with van der Waals surface area (Å²) in [6, 6.07) is 8.98. The van der Waals surface area contributed by atoms with Crippen LogP contribution in [0, 0.1) is 11.3 Å². The van der Waals surface area contributed by atoms with Crippen molar-refractivity contribution in [1.82, 2.24) is 9.88 Å². The smallest absolute Gasteiger partial charge is 0.246 e. The Morgan fingerprint density at radius 3 is 2.54 bits per heavy atom. The second-order valence-corrected chi connectivity index (χ2v) is 6.01. The van der Waals surface area contributed by atoms with Crippen LogP contribution in [0.3, 0.4) is 0 Å². The molecule has 24 heavy (non-hydrogen) atoms. The lowest BCUT2D eigenvalue weighted by Crippen LogP contribution is -2.36. The van der Waals surface area contributed by atoms with Crippen LogP contribution in [0.25, 0.3) is 11.3 Å². The molecule has 1 N–H and O–H groups in total. The second-order valence-electron chi connectivity index (χ2n) is 5.15. The number of nitrogens with one attached hydrogen (secondary N) is 1. The van der Waals surface area contributed by atoms with E-state index in [0.717, 1.165) is 10.5 Å². The van der Waals surface area contributed by atoms with E-state index in [9.17, 15) is 14.4 Å². The minimum Gasteiger partial charge on any atom is -0.300 e. The van der Waals surface area contributed by atoms with Crippen LogP contribution in [0.2, 0.25) is 0 Å². The van der Waals surface area contributed by atoms with Gasteiger partial charge in [0.15, 0.2) is 5.13 Å². The molecule has 0 spiro atoms. The number of hydrogen-bond donors (Lipinski definition) is 1. The molecule has 3 amide bonds. The number of hydrogen-bond acceptors (Lipinski definition) is 6. The summed E-state index contributed by atoms with van der Waals surface area (Å²) >= 11 is 1.25. The highest BCUT2D eigenvalue weighted by atomic mass is 32.1. The largest absolute Gasteiger partial charge is 0.300 e. The molecule has 0 atom stereocenters. The molecule has 2 aromatic rings. The van der Waals surface area contributed by atoms with E-state index in [4.69, 9.17) is 5.26 Å². The number of carbonyl (C=O) groups is 3. The van der Waals surface area contributed by atoms with Gasteiger partial charge in [0.1, 0.15) is 6.54 Å². The maximum atomic E-state index is 12.0. The van der Waals surface area contributed by atoms with Gasteiger partial charge >= 0.3 is 0 Å². The topological polar surface area (TPSA) is 103 Å². The minimum absolute atomic E-state index is 0.159. The maximum absolute atomic E-state index is 12.0. The zero-order valence-corrected chi connectivity index (χ0v) is 13.3. The average molecular weight is 340 g/mol. The number of nitriles is 1. The van der Waals surface area contributed by atoms with Crippen molar-refractivity contribution in [3.63, 3.8) is 0 Å². The number of amides is 3. The van der Waals surface area contributed by atoms with Gasteiger partial charge in [-0.3, -0.25) is 19.3 Å². The quantitative estimate of drug-likeness (QED) is 0.854. The highest BCUT2D eigenvalue weighted by Crippen LogP contribution is 2.25. The molecule has 1 aromatic carbocycles. The first-order valence-electron chi connectivity index (χ1n) is 7.16. The van der Waals surface area contributed by atoms with Crippen molar-refractivity contribution in [3.8, 4) is 17.3 Å². The Bertz CT molecular complexity index is 835. The van der Waals surface area contributed by atoms with Gasteiger partial charge in [0.2, 0.25) is 17.7 Å². The predicted molar refractivity (Wildman–Crippen MR) is 86.8 cm³/mol. The Balaban J connectivity index is 1.65. The Morgan fingerprint density at radius 2 is 1.92 bits per heavy atom. The predicted octanol–water partition coefficient (Wildman–Crippen LogP) is 1.77. The van der Waals surface area contributed by atoms with Crippen LogP contribution in [0.5, 0.6) is 0 Å². The van der Waals surface area contributed by atoms with Gasteiger partial charge < -0.3 is 5.32 Å². The van der Waals surface area contributed by atoms with Gasteiger partial charge in [-0.1, -0.05) is 12.1 Å². The van der Waals surface area contributed by atoms with Crippen molar-refractivity contribution in [3.05, 3.63) is 35.2 Å². The van der Waals surface area contributed by atoms with Crippen LogP contribution in [-0.4, -0.2) is 34.2 Å². The van der Waals surface area contributed by atoms with Crippen LogP contribution < -0.4 is 5.32 Å². The molecule has 8 heteroatoms. The van der Waals surface area contributed by atoms with Crippen molar-refractivity contribution < 1.29 is 14.4 Å². The van der Waals surface area contributed by atoms with Crippen LogP contribution >= 0.6 is 11.3 Å². The third kappa shape index (κ3) is 3.31. The van der Waals surface area contributed by atoms with Crippen molar-refractivity contribution in [2.75, 3.05) is 11.9 Å². The number of aromatic nitrogens is 1. The lowest BCUT2D eigenvalue weighted by atomic mass is 10.1. The zero-order valence-electron chi connectivity index (χ0n) is 12.5. The summed E-state index contributed by atoms with van der Waals surface area (Å²) in [7, 11) is 0. The molecule has 1 aliphatic rings. The highest BCUT2D eigenvalue weighted by molar-refractivity contribution is 7.14. The standard InChI is InChI=1S/C16H12N4O3S/c17-7-10-1-3-11(4-2-10)12-9-24-16(18-12)19-13(21)8-20-14(22)5-6-15(20)23/h1-4,9H,5-6,8H2,(H,18,19,21). The molecule has 1 aromatic heterocycles. The van der Waals surface area contributed by atoms with Gasteiger partial charge in [0.05, 0.1) is 17.3 Å². The summed E-state index contributed by atoms with van der Waals surface area (Å²) in [4.78, 5) is 40.2. The summed E-state index contributed by atoms with van der Waals surface area (Å²) in [6.45, 7) is -0.288. The van der Waals surface area contributed by atoms with Gasteiger partial charge in [0, 0.05) is 23.8 Å². The zero-order chi connectivity index (χ0) is 17.1. The molecule has 0 aliphatic carbocycles. The molecule has 0 unspecified atom stereocenters. The Labute approximate surface area is 141 Å². The number of imide groups is 1. The number of likely N-dealkylation sites (tertiary alicyclic amines) is 1. The fourth-order valence-electron chi connectivity index (χ4n) is 2.28. The van der Waals surface area contributed by atoms with Crippen LogP contribution in [0.15, 0.2) is 29.6 Å². The van der Waals surface area contributed by atoms with E-state index >= 15 is 0 Å². The Hall–Kier alpha value is -3.05. The summed E-state index contributed by atoms with van der Waals surface area (Å²) in [5, 5.41) is 13.6. The van der Waals surface area contributed by atoms with Gasteiger partial charge in [-0.2, -0.15) is 5.26 Å². The van der Waals surface area contributed by atoms with E-state index in [1.54, 1.807) is 29.6 Å². The van der Waals surface area contributed by atoms with E-state index in [1.165, 1.54) is 11.3 Å². The van der Waals surface area contributed by atoms with E-state index < -0.39 is 5.91 Å². The molecule has 2 heterocycles. The Morgan fingerprint density at radius 1 is 1.25 bits per heavy atom. The first kappa shape index (κ1) is 15.8. The number of carbonyl (C=O) groups excluding carboxylic acids is 3. The van der Waals surface area contributed by atoms with Crippen molar-refractivity contribution in [2.45, 2.75) is 12.8 Å². The third-order valence-electron chi connectivity index (χ3n) is 3.52. The number of nitrogens with zero attached hydrogens (tertiary/aromatic N) is 3. The van der Waals surface area contributed by atoms with E-state index in [0.29, 0.717) is 16.4 Å². The first-order chi connectivity index (χ1) is 11.6. The summed E-state index contributed by atoms with van der Waals surface area (Å²) in [5.41, 5.74) is 2.06. The summed E-state index contributed by atoms with van der Waals surface area (Å²) in [6.07, 6.45) is 0.318. The third-order valence-corrected chi connectivity index (χ3v) is 4.27. The molecule has 0 saturated carbocycles. The van der Waals surface area contributed by atoms with Crippen LogP contribution in [0.1, 0.15) is 18.4 Å².